The van der Waals surface area contributed by atoms with Gasteiger partial charge in [0.25, 0.3) is 0 Å². The lowest BCUT2D eigenvalue weighted by Crippen LogP contribution is -2.28. The maximum Gasteiger partial charge on any atom is 0.226 e. The van der Waals surface area contributed by atoms with Crippen molar-refractivity contribution in [2.45, 2.75) is 32.7 Å². The van der Waals surface area contributed by atoms with Gasteiger partial charge in [0.15, 0.2) is 0 Å². The number of carbonyl (C=O) groups excluding carboxylic acids is 1. The average molecular weight is 288 g/mol. The van der Waals surface area contributed by atoms with Gasteiger partial charge in [0.1, 0.15) is 5.76 Å². The molecule has 2 aromatic heterocycles. The second kappa shape index (κ2) is 5.02. The second-order valence-electron chi connectivity index (χ2n) is 5.89. The Morgan fingerprint density at radius 3 is 2.86 bits per heavy atom. The first-order valence-electron chi connectivity index (χ1n) is 7.12. The van der Waals surface area contributed by atoms with Crippen LogP contribution >= 0.6 is 0 Å². The van der Waals surface area contributed by atoms with E-state index >= 15 is 0 Å². The van der Waals surface area contributed by atoms with Crippen LogP contribution < -0.4 is 0 Å². The molecule has 2 aromatic rings. The van der Waals surface area contributed by atoms with E-state index in [2.05, 4.69) is 10.3 Å². The zero-order valence-electron chi connectivity index (χ0n) is 12.8. The minimum atomic E-state index is 0.0830. The molecule has 6 nitrogen and oxygen atoms in total. The first kappa shape index (κ1) is 13.9. The summed E-state index contributed by atoms with van der Waals surface area (Å²) in [4.78, 5) is 14.3. The SMILES string of the molecule is Cc1noc(C)c1CN(C)C(=O)[C@H]1C[C@H]1c1cnn(C)c1. The molecular weight excluding hydrogens is 268 g/mol. The maximum atomic E-state index is 12.5. The third-order valence-electron chi connectivity index (χ3n) is 4.21. The first-order chi connectivity index (χ1) is 9.97. The molecule has 1 amide bonds. The van der Waals surface area contributed by atoms with Crippen LogP contribution in [0.5, 0.6) is 0 Å². The molecule has 0 N–H and O–H groups in total. The van der Waals surface area contributed by atoms with E-state index in [1.165, 1.54) is 0 Å². The molecule has 1 aliphatic carbocycles. The Hall–Kier alpha value is -2.11. The third kappa shape index (κ3) is 2.57. The Balaban J connectivity index is 1.64. The second-order valence-corrected chi connectivity index (χ2v) is 5.89. The molecule has 21 heavy (non-hydrogen) atoms. The number of rotatable bonds is 4. The van der Waals surface area contributed by atoms with Crippen molar-refractivity contribution < 1.29 is 9.32 Å². The van der Waals surface area contributed by atoms with Crippen LogP contribution in [0, 0.1) is 19.8 Å². The Bertz CT molecular complexity index is 654. The number of aryl methyl sites for hydroxylation is 3. The van der Waals surface area contributed by atoms with Crippen LogP contribution in [0.4, 0.5) is 0 Å². The third-order valence-corrected chi connectivity index (χ3v) is 4.21. The van der Waals surface area contributed by atoms with E-state index in [4.69, 9.17) is 4.52 Å². The molecule has 0 radical (unpaired) electrons. The molecule has 2 atom stereocenters. The monoisotopic (exact) mass is 288 g/mol. The molecule has 0 aromatic carbocycles. The van der Waals surface area contributed by atoms with Gasteiger partial charge in [-0.05, 0) is 31.7 Å². The van der Waals surface area contributed by atoms with Gasteiger partial charge in [-0.1, -0.05) is 5.16 Å². The molecule has 6 heteroatoms. The van der Waals surface area contributed by atoms with E-state index in [-0.39, 0.29) is 11.8 Å². The lowest BCUT2D eigenvalue weighted by atomic mass is 10.1. The van der Waals surface area contributed by atoms with Gasteiger partial charge in [-0.25, -0.2) is 0 Å². The zero-order chi connectivity index (χ0) is 15.1. The standard InChI is InChI=1S/C15H20N4O2/c1-9-14(10(2)21-17-9)8-18(3)15(20)13-5-12(13)11-6-16-19(4)7-11/h6-7,12-13H,5,8H2,1-4H3/t12-,13-/m0/s1. The van der Waals surface area contributed by atoms with Gasteiger partial charge < -0.3 is 9.42 Å². The summed E-state index contributed by atoms with van der Waals surface area (Å²) in [5.41, 5.74) is 3.01. The highest BCUT2D eigenvalue weighted by Crippen LogP contribution is 2.48. The summed E-state index contributed by atoms with van der Waals surface area (Å²) in [6, 6.07) is 0. The van der Waals surface area contributed by atoms with E-state index in [9.17, 15) is 4.79 Å². The maximum absolute atomic E-state index is 12.5. The van der Waals surface area contributed by atoms with E-state index in [1.807, 2.05) is 40.3 Å². The van der Waals surface area contributed by atoms with E-state index < -0.39 is 0 Å². The van der Waals surface area contributed by atoms with Gasteiger partial charge in [0.05, 0.1) is 18.4 Å². The topological polar surface area (TPSA) is 64.2 Å². The Morgan fingerprint density at radius 1 is 1.52 bits per heavy atom. The van der Waals surface area contributed by atoms with Gasteiger partial charge in [-0.3, -0.25) is 9.48 Å². The molecule has 1 fully saturated rings. The van der Waals surface area contributed by atoms with Crippen LogP contribution in [-0.2, 0) is 18.4 Å². The summed E-state index contributed by atoms with van der Waals surface area (Å²) >= 11 is 0. The van der Waals surface area contributed by atoms with Gasteiger partial charge >= 0.3 is 0 Å². The molecule has 1 aliphatic rings. The van der Waals surface area contributed by atoms with Gasteiger partial charge in [-0.2, -0.15) is 5.10 Å². The highest BCUT2D eigenvalue weighted by Gasteiger charge is 2.45. The molecule has 0 unspecified atom stereocenters. The van der Waals surface area contributed by atoms with Crippen LogP contribution in [0.3, 0.4) is 0 Å². The van der Waals surface area contributed by atoms with E-state index in [0.29, 0.717) is 12.5 Å². The molecule has 3 rings (SSSR count). The van der Waals surface area contributed by atoms with Crippen LogP contribution in [0.15, 0.2) is 16.9 Å². The van der Waals surface area contributed by atoms with Crippen molar-refractivity contribution in [3.63, 3.8) is 0 Å². The zero-order valence-corrected chi connectivity index (χ0v) is 12.8. The molecule has 0 aliphatic heterocycles. The fraction of sp³-hybridized carbons (Fsp3) is 0.533. The number of nitrogens with zero attached hydrogens (tertiary/aromatic N) is 4. The normalized spacial score (nSPS) is 20.6. The lowest BCUT2D eigenvalue weighted by Gasteiger charge is -2.17. The summed E-state index contributed by atoms with van der Waals surface area (Å²) in [6.45, 7) is 4.33. The van der Waals surface area contributed by atoms with Crippen molar-refractivity contribution in [1.82, 2.24) is 19.8 Å². The van der Waals surface area contributed by atoms with Crippen molar-refractivity contribution in [3.05, 3.63) is 35.0 Å². The molecule has 0 spiro atoms. The van der Waals surface area contributed by atoms with Crippen molar-refractivity contribution in [1.29, 1.82) is 0 Å². The molecular formula is C15H20N4O2. The van der Waals surface area contributed by atoms with Crippen LogP contribution in [0.2, 0.25) is 0 Å². The molecule has 1 saturated carbocycles. The number of hydrogen-bond acceptors (Lipinski definition) is 4. The Labute approximate surface area is 123 Å². The van der Waals surface area contributed by atoms with Crippen LogP contribution in [-0.4, -0.2) is 32.8 Å². The minimum Gasteiger partial charge on any atom is -0.361 e. The minimum absolute atomic E-state index is 0.0830. The Morgan fingerprint density at radius 2 is 2.29 bits per heavy atom. The molecule has 2 heterocycles. The fourth-order valence-electron chi connectivity index (χ4n) is 2.79. The summed E-state index contributed by atoms with van der Waals surface area (Å²) < 4.78 is 6.93. The molecule has 0 saturated heterocycles. The summed E-state index contributed by atoms with van der Waals surface area (Å²) in [5.74, 6) is 1.37. The van der Waals surface area contributed by atoms with Crippen molar-refractivity contribution >= 4 is 5.91 Å². The summed E-state index contributed by atoms with van der Waals surface area (Å²) in [5, 5.41) is 8.10. The number of carbonyl (C=O) groups is 1. The highest BCUT2D eigenvalue weighted by atomic mass is 16.5. The van der Waals surface area contributed by atoms with Gasteiger partial charge in [-0.15, -0.1) is 0 Å². The predicted octanol–water partition coefficient (Wildman–Crippen LogP) is 1.79. The summed E-state index contributed by atoms with van der Waals surface area (Å²) in [6.07, 6.45) is 4.76. The van der Waals surface area contributed by atoms with Crippen molar-refractivity contribution in [3.8, 4) is 0 Å². The average Bonchev–Trinajstić information content (AvgIpc) is 3.05. The first-order valence-corrected chi connectivity index (χ1v) is 7.12. The Kier molecular flexibility index (Phi) is 3.31. The van der Waals surface area contributed by atoms with Crippen molar-refractivity contribution in [2.24, 2.45) is 13.0 Å². The van der Waals surface area contributed by atoms with Gasteiger partial charge in [0.2, 0.25) is 5.91 Å². The number of hydrogen-bond donors (Lipinski definition) is 0. The number of aromatic nitrogens is 3. The van der Waals surface area contributed by atoms with Crippen LogP contribution in [0.1, 0.15) is 34.9 Å². The largest absolute Gasteiger partial charge is 0.361 e. The molecule has 112 valence electrons. The highest BCUT2D eigenvalue weighted by molar-refractivity contribution is 5.82. The van der Waals surface area contributed by atoms with Crippen LogP contribution in [0.25, 0.3) is 0 Å². The summed E-state index contributed by atoms with van der Waals surface area (Å²) in [7, 11) is 3.74. The quantitative estimate of drug-likeness (QED) is 0.860. The van der Waals surface area contributed by atoms with Crippen molar-refractivity contribution in [2.75, 3.05) is 7.05 Å². The number of amides is 1. The molecule has 0 bridgehead atoms. The van der Waals surface area contributed by atoms with E-state index in [1.54, 1.807) is 9.58 Å². The predicted molar refractivity (Wildman–Crippen MR) is 76.5 cm³/mol. The lowest BCUT2D eigenvalue weighted by molar-refractivity contribution is -0.131. The van der Waals surface area contributed by atoms with E-state index in [0.717, 1.165) is 29.0 Å². The fourth-order valence-corrected chi connectivity index (χ4v) is 2.79. The smallest absolute Gasteiger partial charge is 0.226 e. The van der Waals surface area contributed by atoms with Gasteiger partial charge in [0, 0.05) is 31.8 Å².